The summed E-state index contributed by atoms with van der Waals surface area (Å²) in [5.41, 5.74) is 0.830. The number of halogens is 1. The van der Waals surface area contributed by atoms with Crippen LogP contribution in [0.4, 0.5) is 15.9 Å². The zero-order chi connectivity index (χ0) is 19.0. The van der Waals surface area contributed by atoms with E-state index in [0.29, 0.717) is 11.9 Å². The van der Waals surface area contributed by atoms with Crippen LogP contribution in [0.5, 0.6) is 0 Å². The molecule has 9 heteroatoms. The number of aromatic nitrogens is 3. The molecule has 1 aliphatic rings. The maximum absolute atomic E-state index is 14.1. The second-order valence-corrected chi connectivity index (χ2v) is 6.55. The van der Waals surface area contributed by atoms with Crippen molar-refractivity contribution in [3.63, 3.8) is 0 Å². The van der Waals surface area contributed by atoms with Crippen LogP contribution in [0.3, 0.4) is 0 Å². The number of carbonyl (C=O) groups excluding carboxylic acids is 1. The third-order valence-electron chi connectivity index (χ3n) is 4.38. The van der Waals surface area contributed by atoms with E-state index < -0.39 is 11.7 Å². The predicted octanol–water partition coefficient (Wildman–Crippen LogP) is 2.12. The van der Waals surface area contributed by atoms with Gasteiger partial charge in [0.15, 0.2) is 17.3 Å². The van der Waals surface area contributed by atoms with Gasteiger partial charge < -0.3 is 20.0 Å². The molecule has 1 saturated heterocycles. The van der Waals surface area contributed by atoms with Crippen LogP contribution >= 0.6 is 0 Å². The summed E-state index contributed by atoms with van der Waals surface area (Å²) >= 11 is 0. The Hall–Kier alpha value is -3.07. The lowest BCUT2D eigenvalue weighted by Crippen LogP contribution is -2.49. The number of benzene rings is 1. The third kappa shape index (κ3) is 3.59. The van der Waals surface area contributed by atoms with Crippen LogP contribution in [-0.4, -0.2) is 46.5 Å². The highest BCUT2D eigenvalue weighted by molar-refractivity contribution is 6.03. The number of anilines is 2. The molecule has 2 aromatic heterocycles. The van der Waals surface area contributed by atoms with E-state index in [1.54, 1.807) is 13.1 Å². The van der Waals surface area contributed by atoms with Crippen molar-refractivity contribution in [3.05, 3.63) is 41.9 Å². The first-order chi connectivity index (χ1) is 13.0. The number of hydrogen-bond acceptors (Lipinski definition) is 7. The summed E-state index contributed by atoms with van der Waals surface area (Å²) in [6.45, 7) is 6.28. The molecule has 1 aliphatic heterocycles. The lowest BCUT2D eigenvalue weighted by atomic mass is 10.2. The van der Waals surface area contributed by atoms with E-state index in [9.17, 15) is 9.18 Å². The van der Waals surface area contributed by atoms with Crippen LogP contribution in [-0.2, 0) is 0 Å². The van der Waals surface area contributed by atoms with Crippen molar-refractivity contribution in [2.75, 3.05) is 29.9 Å². The van der Waals surface area contributed by atoms with Gasteiger partial charge in [0, 0.05) is 44.4 Å². The molecule has 4 rings (SSSR count). The summed E-state index contributed by atoms with van der Waals surface area (Å²) in [4.78, 5) is 27.0. The smallest absolute Gasteiger partial charge is 0.275 e. The zero-order valence-electron chi connectivity index (χ0n) is 15.0. The predicted molar refractivity (Wildman–Crippen MR) is 98.4 cm³/mol. The standard InChI is InChI=1S/C18H19FN6O2/c1-10-9-25(4-3-20-10)16-8-21-14(7-22-16)18(26)24-12-5-13(19)17-15(6-12)27-11(2)23-17/h5-8,10,20H,3-4,9H2,1-2H3,(H,24,26). The van der Waals surface area contributed by atoms with E-state index in [1.165, 1.54) is 18.3 Å². The van der Waals surface area contributed by atoms with Crippen LogP contribution in [0, 0.1) is 12.7 Å². The number of nitrogens with one attached hydrogen (secondary N) is 2. The first-order valence-electron chi connectivity index (χ1n) is 8.68. The van der Waals surface area contributed by atoms with Crippen molar-refractivity contribution in [2.24, 2.45) is 0 Å². The molecule has 2 N–H and O–H groups in total. The molecule has 0 bridgehead atoms. The average Bonchev–Trinajstić information content (AvgIpc) is 3.03. The first-order valence-corrected chi connectivity index (χ1v) is 8.68. The number of piperazine rings is 1. The van der Waals surface area contributed by atoms with Gasteiger partial charge >= 0.3 is 0 Å². The number of oxazole rings is 1. The minimum Gasteiger partial charge on any atom is -0.441 e. The number of aryl methyl sites for hydroxylation is 1. The van der Waals surface area contributed by atoms with Gasteiger partial charge in [0.1, 0.15) is 17.0 Å². The van der Waals surface area contributed by atoms with Gasteiger partial charge in [-0.05, 0) is 13.0 Å². The normalized spacial score (nSPS) is 17.3. The quantitative estimate of drug-likeness (QED) is 0.729. The molecule has 1 aromatic carbocycles. The largest absolute Gasteiger partial charge is 0.441 e. The van der Waals surface area contributed by atoms with Gasteiger partial charge in [-0.2, -0.15) is 0 Å². The summed E-state index contributed by atoms with van der Waals surface area (Å²) in [5, 5.41) is 5.97. The van der Waals surface area contributed by atoms with E-state index in [-0.39, 0.29) is 22.5 Å². The van der Waals surface area contributed by atoms with Crippen LogP contribution in [0.15, 0.2) is 28.9 Å². The van der Waals surface area contributed by atoms with Gasteiger partial charge in [-0.3, -0.25) is 4.79 Å². The highest BCUT2D eigenvalue weighted by Crippen LogP contribution is 2.23. The van der Waals surface area contributed by atoms with Crippen LogP contribution in [0.2, 0.25) is 0 Å². The molecule has 1 fully saturated rings. The maximum Gasteiger partial charge on any atom is 0.275 e. The molecule has 3 aromatic rings. The molecule has 0 spiro atoms. The van der Waals surface area contributed by atoms with Crippen molar-refractivity contribution in [2.45, 2.75) is 19.9 Å². The maximum atomic E-state index is 14.1. The molecule has 1 amide bonds. The molecule has 140 valence electrons. The summed E-state index contributed by atoms with van der Waals surface area (Å²) in [6, 6.07) is 3.10. The highest BCUT2D eigenvalue weighted by atomic mass is 19.1. The lowest BCUT2D eigenvalue weighted by molar-refractivity contribution is 0.102. The molecule has 27 heavy (non-hydrogen) atoms. The molecule has 0 aliphatic carbocycles. The van der Waals surface area contributed by atoms with Crippen molar-refractivity contribution < 1.29 is 13.6 Å². The lowest BCUT2D eigenvalue weighted by Gasteiger charge is -2.32. The van der Waals surface area contributed by atoms with Crippen molar-refractivity contribution >= 4 is 28.5 Å². The van der Waals surface area contributed by atoms with Crippen molar-refractivity contribution in [3.8, 4) is 0 Å². The Morgan fingerprint density at radius 1 is 1.37 bits per heavy atom. The number of fused-ring (bicyclic) bond motifs is 1. The Morgan fingerprint density at radius 2 is 2.22 bits per heavy atom. The fourth-order valence-corrected chi connectivity index (χ4v) is 3.11. The molecule has 8 nitrogen and oxygen atoms in total. The number of hydrogen-bond donors (Lipinski definition) is 2. The summed E-state index contributed by atoms with van der Waals surface area (Å²) in [5.74, 6) is 0.0483. The summed E-state index contributed by atoms with van der Waals surface area (Å²) < 4.78 is 19.4. The fourth-order valence-electron chi connectivity index (χ4n) is 3.11. The van der Waals surface area contributed by atoms with E-state index in [4.69, 9.17) is 4.42 Å². The number of nitrogens with zero attached hydrogens (tertiary/aromatic N) is 4. The van der Waals surface area contributed by atoms with Crippen molar-refractivity contribution in [1.29, 1.82) is 0 Å². The minimum absolute atomic E-state index is 0.139. The van der Waals surface area contributed by atoms with Crippen molar-refractivity contribution in [1.82, 2.24) is 20.3 Å². The molecule has 1 atom stereocenters. The van der Waals surface area contributed by atoms with Crippen LogP contribution in [0.25, 0.3) is 11.1 Å². The van der Waals surface area contributed by atoms with Crippen LogP contribution < -0.4 is 15.5 Å². The second kappa shape index (κ2) is 6.92. The Labute approximate surface area is 154 Å². The minimum atomic E-state index is -0.561. The highest BCUT2D eigenvalue weighted by Gasteiger charge is 2.18. The summed E-state index contributed by atoms with van der Waals surface area (Å²) in [7, 11) is 0. The van der Waals surface area contributed by atoms with E-state index in [0.717, 1.165) is 25.5 Å². The Kier molecular flexibility index (Phi) is 4.44. The monoisotopic (exact) mass is 370 g/mol. The molecule has 0 saturated carbocycles. The molecule has 0 radical (unpaired) electrons. The third-order valence-corrected chi connectivity index (χ3v) is 4.38. The molecular formula is C18H19FN6O2. The molecule has 1 unspecified atom stereocenters. The number of amides is 1. The van der Waals surface area contributed by atoms with E-state index in [2.05, 4.69) is 37.4 Å². The van der Waals surface area contributed by atoms with E-state index in [1.807, 2.05) is 0 Å². The van der Waals surface area contributed by atoms with E-state index >= 15 is 0 Å². The Morgan fingerprint density at radius 3 is 2.96 bits per heavy atom. The fraction of sp³-hybridized carbons (Fsp3) is 0.333. The van der Waals surface area contributed by atoms with Gasteiger partial charge in [0.05, 0.1) is 12.4 Å². The Bertz CT molecular complexity index is 987. The second-order valence-electron chi connectivity index (χ2n) is 6.55. The van der Waals surface area contributed by atoms with Gasteiger partial charge in [-0.25, -0.2) is 19.3 Å². The SMILES string of the molecule is Cc1nc2c(F)cc(NC(=O)c3cnc(N4CCNC(C)C4)cn3)cc2o1. The molecular weight excluding hydrogens is 351 g/mol. The van der Waals surface area contributed by atoms with Gasteiger partial charge in [0.2, 0.25) is 0 Å². The molecule has 3 heterocycles. The van der Waals surface area contributed by atoms with Gasteiger partial charge in [-0.1, -0.05) is 0 Å². The van der Waals surface area contributed by atoms with Gasteiger partial charge in [0.25, 0.3) is 5.91 Å². The van der Waals surface area contributed by atoms with Gasteiger partial charge in [-0.15, -0.1) is 0 Å². The number of carbonyl (C=O) groups is 1. The Balaban J connectivity index is 1.49. The van der Waals surface area contributed by atoms with Crippen LogP contribution in [0.1, 0.15) is 23.3 Å². The first kappa shape index (κ1) is 17.3. The average molecular weight is 370 g/mol. The summed E-state index contributed by atoms with van der Waals surface area (Å²) in [6.07, 6.45) is 3.00. The number of rotatable bonds is 3. The topological polar surface area (TPSA) is 96.2 Å². The zero-order valence-corrected chi connectivity index (χ0v) is 15.0.